The molecule has 0 aliphatic carbocycles. The fourth-order valence-corrected chi connectivity index (χ4v) is 3.15. The summed E-state index contributed by atoms with van der Waals surface area (Å²) in [6, 6.07) is 8.70. The van der Waals surface area contributed by atoms with Crippen molar-refractivity contribution in [1.29, 1.82) is 0 Å². The Kier molecular flexibility index (Phi) is 4.93. The van der Waals surface area contributed by atoms with Gasteiger partial charge in [-0.2, -0.15) is 0 Å². The maximum Gasteiger partial charge on any atom is 0.255 e. The van der Waals surface area contributed by atoms with E-state index in [1.165, 1.54) is 31.3 Å². The number of phenols is 1. The molecular weight excluding hydrogens is 340 g/mol. The number of rotatable bonds is 4. The molecule has 2 rings (SSSR count). The Morgan fingerprint density at radius 2 is 1.87 bits per heavy atom. The maximum absolute atomic E-state index is 12.2. The van der Waals surface area contributed by atoms with E-state index in [9.17, 15) is 18.3 Å². The molecule has 1 amide bonds. The number of benzene rings is 2. The van der Waals surface area contributed by atoms with E-state index in [4.69, 9.17) is 11.6 Å². The highest BCUT2D eigenvalue weighted by atomic mass is 35.5. The van der Waals surface area contributed by atoms with Crippen molar-refractivity contribution in [3.05, 3.63) is 52.5 Å². The van der Waals surface area contributed by atoms with Gasteiger partial charge in [-0.05, 0) is 49.9 Å². The van der Waals surface area contributed by atoms with Crippen LogP contribution < -0.4 is 10.0 Å². The number of nitrogens with one attached hydrogen (secondary N) is 2. The Morgan fingerprint density at radius 1 is 1.17 bits per heavy atom. The van der Waals surface area contributed by atoms with Crippen LogP contribution in [-0.4, -0.2) is 26.5 Å². The molecule has 0 aliphatic heterocycles. The Morgan fingerprint density at radius 3 is 2.48 bits per heavy atom. The number of sulfonamides is 1. The zero-order valence-corrected chi connectivity index (χ0v) is 14.0. The summed E-state index contributed by atoms with van der Waals surface area (Å²) in [4.78, 5) is 12.1. The van der Waals surface area contributed by atoms with Crippen LogP contribution in [0.4, 0.5) is 5.69 Å². The number of phenolic OH excluding ortho intramolecular Hbond substituents is 1. The number of amides is 1. The lowest BCUT2D eigenvalue weighted by Crippen LogP contribution is -2.20. The molecule has 2 aromatic carbocycles. The highest BCUT2D eigenvalue weighted by molar-refractivity contribution is 7.89. The Balaban J connectivity index is 2.35. The number of hydrogen-bond acceptors (Lipinski definition) is 4. The molecule has 0 unspecified atom stereocenters. The highest BCUT2D eigenvalue weighted by Gasteiger charge is 2.19. The average Bonchev–Trinajstić information content (AvgIpc) is 2.50. The molecule has 0 saturated carbocycles. The molecule has 3 N–H and O–H groups in total. The predicted molar refractivity (Wildman–Crippen MR) is 88.5 cm³/mol. The molecule has 0 heterocycles. The molecule has 2 aromatic rings. The van der Waals surface area contributed by atoms with Crippen LogP contribution >= 0.6 is 11.6 Å². The van der Waals surface area contributed by atoms with Crippen molar-refractivity contribution in [2.45, 2.75) is 11.8 Å². The van der Waals surface area contributed by atoms with Crippen molar-refractivity contribution in [2.75, 3.05) is 12.4 Å². The number of halogens is 1. The first-order valence-electron chi connectivity index (χ1n) is 6.58. The van der Waals surface area contributed by atoms with Crippen LogP contribution in [0.1, 0.15) is 15.9 Å². The van der Waals surface area contributed by atoms with Crippen LogP contribution in [0.25, 0.3) is 0 Å². The Bertz CT molecular complexity index is 866. The minimum absolute atomic E-state index is 0.00841. The highest BCUT2D eigenvalue weighted by Crippen LogP contribution is 2.26. The van der Waals surface area contributed by atoms with Crippen molar-refractivity contribution >= 4 is 33.2 Å². The second-order valence-electron chi connectivity index (χ2n) is 4.83. The lowest BCUT2D eigenvalue weighted by molar-refractivity contribution is 0.102. The summed E-state index contributed by atoms with van der Waals surface area (Å²) in [6.45, 7) is 1.80. The lowest BCUT2D eigenvalue weighted by Gasteiger charge is -2.10. The summed E-state index contributed by atoms with van der Waals surface area (Å²) in [5.41, 5.74) is 1.17. The fourth-order valence-electron chi connectivity index (χ4n) is 1.90. The molecular formula is C15H15ClN2O4S. The number of carbonyl (C=O) groups excluding carboxylic acids is 1. The second-order valence-corrected chi connectivity index (χ2v) is 7.09. The molecule has 0 atom stereocenters. The van der Waals surface area contributed by atoms with Gasteiger partial charge in [0.15, 0.2) is 0 Å². The molecule has 8 heteroatoms. The standard InChI is InChI=1S/C15H15ClN2O4S/c1-9-3-6-12(13(19)7-9)18-15(20)10-4-5-11(16)14(8-10)23(21,22)17-2/h3-8,17,19H,1-2H3,(H,18,20). The van der Waals surface area contributed by atoms with Crippen LogP contribution in [0.2, 0.25) is 5.02 Å². The summed E-state index contributed by atoms with van der Waals surface area (Å²) in [5.74, 6) is -0.635. The van der Waals surface area contributed by atoms with E-state index in [1.807, 2.05) is 0 Å². The first-order chi connectivity index (χ1) is 10.7. The van der Waals surface area contributed by atoms with Crippen molar-refractivity contribution in [3.63, 3.8) is 0 Å². The van der Waals surface area contributed by atoms with Gasteiger partial charge in [-0.25, -0.2) is 13.1 Å². The molecule has 0 radical (unpaired) electrons. The number of anilines is 1. The van der Waals surface area contributed by atoms with Gasteiger partial charge in [0.1, 0.15) is 10.6 Å². The van der Waals surface area contributed by atoms with Gasteiger partial charge >= 0.3 is 0 Å². The van der Waals surface area contributed by atoms with Crippen LogP contribution in [-0.2, 0) is 10.0 Å². The normalized spacial score (nSPS) is 11.3. The van der Waals surface area contributed by atoms with Crippen LogP contribution in [0.3, 0.4) is 0 Å². The summed E-state index contributed by atoms with van der Waals surface area (Å²) >= 11 is 5.88. The van der Waals surface area contributed by atoms with Gasteiger partial charge in [-0.3, -0.25) is 4.79 Å². The summed E-state index contributed by atoms with van der Waals surface area (Å²) in [5, 5.41) is 12.3. The largest absolute Gasteiger partial charge is 0.506 e. The Hall–Kier alpha value is -2.09. The number of aromatic hydroxyl groups is 1. The van der Waals surface area contributed by atoms with Crippen LogP contribution in [0.15, 0.2) is 41.3 Å². The fraction of sp³-hybridized carbons (Fsp3) is 0.133. The monoisotopic (exact) mass is 354 g/mol. The zero-order chi connectivity index (χ0) is 17.2. The van der Waals surface area contributed by atoms with Gasteiger partial charge in [-0.15, -0.1) is 0 Å². The van der Waals surface area contributed by atoms with Gasteiger partial charge < -0.3 is 10.4 Å². The van der Waals surface area contributed by atoms with E-state index in [-0.39, 0.29) is 26.9 Å². The number of aryl methyl sites for hydroxylation is 1. The SMILES string of the molecule is CNS(=O)(=O)c1cc(C(=O)Nc2ccc(C)cc2O)ccc1Cl. The molecule has 0 aromatic heterocycles. The van der Waals surface area contributed by atoms with Crippen molar-refractivity contribution < 1.29 is 18.3 Å². The van der Waals surface area contributed by atoms with Crippen LogP contribution in [0.5, 0.6) is 5.75 Å². The summed E-state index contributed by atoms with van der Waals surface area (Å²) < 4.78 is 25.9. The zero-order valence-electron chi connectivity index (χ0n) is 12.4. The van der Waals surface area contributed by atoms with E-state index < -0.39 is 15.9 Å². The van der Waals surface area contributed by atoms with E-state index >= 15 is 0 Å². The molecule has 0 bridgehead atoms. The predicted octanol–water partition coefficient (Wildman–Crippen LogP) is 2.51. The van der Waals surface area contributed by atoms with Gasteiger partial charge in [0.2, 0.25) is 10.0 Å². The van der Waals surface area contributed by atoms with Crippen molar-refractivity contribution in [2.24, 2.45) is 0 Å². The van der Waals surface area contributed by atoms with Gasteiger partial charge in [0.05, 0.1) is 10.7 Å². The summed E-state index contributed by atoms with van der Waals surface area (Å²) in [7, 11) is -2.53. The minimum Gasteiger partial charge on any atom is -0.506 e. The van der Waals surface area contributed by atoms with E-state index in [0.717, 1.165) is 5.56 Å². The average molecular weight is 355 g/mol. The first kappa shape index (κ1) is 17.3. The van der Waals surface area contributed by atoms with Gasteiger partial charge in [0.25, 0.3) is 5.91 Å². The topological polar surface area (TPSA) is 95.5 Å². The smallest absolute Gasteiger partial charge is 0.255 e. The Labute approximate surface area is 139 Å². The third-order valence-electron chi connectivity index (χ3n) is 3.15. The van der Waals surface area contributed by atoms with E-state index in [0.29, 0.717) is 0 Å². The number of carbonyl (C=O) groups is 1. The van der Waals surface area contributed by atoms with E-state index in [2.05, 4.69) is 10.0 Å². The quantitative estimate of drug-likeness (QED) is 0.735. The molecule has 6 nitrogen and oxygen atoms in total. The molecule has 23 heavy (non-hydrogen) atoms. The van der Waals surface area contributed by atoms with Gasteiger partial charge in [0, 0.05) is 5.56 Å². The second kappa shape index (κ2) is 6.57. The van der Waals surface area contributed by atoms with Gasteiger partial charge in [-0.1, -0.05) is 17.7 Å². The minimum atomic E-state index is -3.78. The molecule has 0 spiro atoms. The molecule has 122 valence electrons. The molecule has 0 saturated heterocycles. The van der Waals surface area contributed by atoms with Crippen molar-refractivity contribution in [1.82, 2.24) is 4.72 Å². The van der Waals surface area contributed by atoms with E-state index in [1.54, 1.807) is 19.1 Å². The molecule has 0 aliphatic rings. The first-order valence-corrected chi connectivity index (χ1v) is 8.45. The lowest BCUT2D eigenvalue weighted by atomic mass is 10.2. The number of hydrogen-bond donors (Lipinski definition) is 3. The third kappa shape index (κ3) is 3.82. The molecule has 0 fully saturated rings. The van der Waals surface area contributed by atoms with Crippen LogP contribution in [0, 0.1) is 6.92 Å². The van der Waals surface area contributed by atoms with Crippen molar-refractivity contribution in [3.8, 4) is 5.75 Å². The summed E-state index contributed by atoms with van der Waals surface area (Å²) in [6.07, 6.45) is 0. The maximum atomic E-state index is 12.2. The third-order valence-corrected chi connectivity index (χ3v) is 5.05.